The number of carboxylic acids is 1. The lowest BCUT2D eigenvalue weighted by Crippen LogP contribution is -2.66. The minimum absolute atomic E-state index is 0.114. The number of aliphatic hydroxyl groups is 1. The van der Waals surface area contributed by atoms with E-state index in [4.69, 9.17) is 4.74 Å². The highest BCUT2D eigenvalue weighted by Gasteiger charge is 2.76. The van der Waals surface area contributed by atoms with Crippen LogP contribution in [-0.2, 0) is 14.3 Å². The molecule has 2 fully saturated rings. The van der Waals surface area contributed by atoms with Crippen LogP contribution in [0.3, 0.4) is 0 Å². The fourth-order valence-corrected chi connectivity index (χ4v) is 4.57. The molecule has 2 aliphatic carbocycles. The van der Waals surface area contributed by atoms with Crippen molar-refractivity contribution < 1.29 is 24.5 Å². The summed E-state index contributed by atoms with van der Waals surface area (Å²) in [5, 5.41) is 21.1. The summed E-state index contributed by atoms with van der Waals surface area (Å²) in [6, 6.07) is 0. The van der Waals surface area contributed by atoms with Gasteiger partial charge >= 0.3 is 11.9 Å². The van der Waals surface area contributed by atoms with Gasteiger partial charge in [-0.1, -0.05) is 27.4 Å². The van der Waals surface area contributed by atoms with E-state index in [9.17, 15) is 19.8 Å². The van der Waals surface area contributed by atoms with Crippen LogP contribution in [-0.4, -0.2) is 33.4 Å². The molecule has 2 rings (SSSR count). The highest BCUT2D eigenvalue weighted by atomic mass is 16.6. The molecule has 0 aliphatic heterocycles. The zero-order valence-corrected chi connectivity index (χ0v) is 14.0. The smallest absolute Gasteiger partial charge is 0.351 e. The van der Waals surface area contributed by atoms with E-state index in [1.807, 2.05) is 6.92 Å². The van der Waals surface area contributed by atoms with Gasteiger partial charge in [0.05, 0.1) is 0 Å². The molecule has 1 unspecified atom stereocenters. The van der Waals surface area contributed by atoms with Crippen LogP contribution >= 0.6 is 0 Å². The molecule has 2 N–H and O–H groups in total. The fraction of sp³-hybridized carbons (Fsp3) is 0.765. The van der Waals surface area contributed by atoms with E-state index in [0.717, 1.165) is 6.42 Å². The van der Waals surface area contributed by atoms with Crippen LogP contribution in [0.2, 0.25) is 0 Å². The molecule has 0 radical (unpaired) electrons. The predicted octanol–water partition coefficient (Wildman–Crippen LogP) is 2.53. The van der Waals surface area contributed by atoms with E-state index >= 15 is 0 Å². The van der Waals surface area contributed by atoms with Gasteiger partial charge in [-0.05, 0) is 44.4 Å². The molecule has 0 aromatic carbocycles. The molecule has 0 heterocycles. The lowest BCUT2D eigenvalue weighted by Gasteiger charge is -2.51. The first-order chi connectivity index (χ1) is 9.83. The Morgan fingerprint density at radius 1 is 1.32 bits per heavy atom. The van der Waals surface area contributed by atoms with Crippen molar-refractivity contribution in [3.05, 3.63) is 12.2 Å². The summed E-state index contributed by atoms with van der Waals surface area (Å²) < 4.78 is 5.27. The number of hydrogen-bond acceptors (Lipinski definition) is 4. The van der Waals surface area contributed by atoms with Crippen molar-refractivity contribution in [2.75, 3.05) is 0 Å². The molecule has 0 aromatic rings. The zero-order chi connectivity index (χ0) is 17.1. The molecular weight excluding hydrogens is 284 g/mol. The Labute approximate surface area is 131 Å². The first-order valence-electron chi connectivity index (χ1n) is 7.68. The van der Waals surface area contributed by atoms with Crippen molar-refractivity contribution in [3.8, 4) is 0 Å². The molecule has 2 aliphatic rings. The van der Waals surface area contributed by atoms with E-state index in [1.54, 1.807) is 0 Å². The Morgan fingerprint density at radius 2 is 1.86 bits per heavy atom. The standard InChI is InChI=1S/C17H26O5/c1-10(2)12(18)22-16(6,13(19)20)17(21)9-11-7-8-15(17,5)14(11,3)4/h11,21H,1,7-9H2,2-6H3,(H,19,20)/t11-,15-,16?,17-/m1/s1. The summed E-state index contributed by atoms with van der Waals surface area (Å²) in [7, 11) is 0. The van der Waals surface area contributed by atoms with Gasteiger partial charge in [-0.15, -0.1) is 0 Å². The van der Waals surface area contributed by atoms with Crippen molar-refractivity contribution in [1.29, 1.82) is 0 Å². The number of carbonyl (C=O) groups excluding carboxylic acids is 1. The SMILES string of the molecule is C=C(C)C(=O)OC(C)(C(=O)O)[C@@]1(O)C[C@H]2CC[C@]1(C)C2(C)C. The molecule has 22 heavy (non-hydrogen) atoms. The molecule has 5 heteroatoms. The number of fused-ring (bicyclic) bond motifs is 2. The first kappa shape index (κ1) is 17.0. The normalized spacial score (nSPS) is 38.4. The maximum atomic E-state index is 11.9. The quantitative estimate of drug-likeness (QED) is 0.616. The van der Waals surface area contributed by atoms with E-state index < -0.39 is 28.6 Å². The number of ether oxygens (including phenoxy) is 1. The highest BCUT2D eigenvalue weighted by molar-refractivity contribution is 5.91. The average molecular weight is 310 g/mol. The monoisotopic (exact) mass is 310 g/mol. The molecule has 0 amide bonds. The van der Waals surface area contributed by atoms with Gasteiger partial charge in [-0.3, -0.25) is 0 Å². The van der Waals surface area contributed by atoms with Crippen LogP contribution in [0.1, 0.15) is 53.9 Å². The number of aliphatic carboxylic acids is 1. The van der Waals surface area contributed by atoms with E-state index in [1.165, 1.54) is 13.8 Å². The Kier molecular flexibility index (Phi) is 3.53. The lowest BCUT2D eigenvalue weighted by molar-refractivity contribution is -0.233. The summed E-state index contributed by atoms with van der Waals surface area (Å²) in [5.74, 6) is -1.90. The van der Waals surface area contributed by atoms with Gasteiger partial charge < -0.3 is 14.9 Å². The Morgan fingerprint density at radius 3 is 2.18 bits per heavy atom. The van der Waals surface area contributed by atoms with Crippen molar-refractivity contribution >= 4 is 11.9 Å². The van der Waals surface area contributed by atoms with E-state index in [-0.39, 0.29) is 16.9 Å². The van der Waals surface area contributed by atoms with Gasteiger partial charge in [0.25, 0.3) is 0 Å². The molecule has 2 bridgehead atoms. The largest absolute Gasteiger partial charge is 0.478 e. The van der Waals surface area contributed by atoms with E-state index in [0.29, 0.717) is 12.8 Å². The van der Waals surface area contributed by atoms with Crippen molar-refractivity contribution in [3.63, 3.8) is 0 Å². The molecule has 124 valence electrons. The van der Waals surface area contributed by atoms with Gasteiger partial charge in [-0.2, -0.15) is 0 Å². The highest BCUT2D eigenvalue weighted by Crippen LogP contribution is 2.72. The number of carbonyl (C=O) groups is 2. The van der Waals surface area contributed by atoms with Crippen LogP contribution in [0.5, 0.6) is 0 Å². The van der Waals surface area contributed by atoms with E-state index in [2.05, 4.69) is 20.4 Å². The maximum absolute atomic E-state index is 11.9. The predicted molar refractivity (Wildman–Crippen MR) is 81.1 cm³/mol. The second-order valence-corrected chi connectivity index (χ2v) is 7.86. The Balaban J connectivity index is 2.52. The van der Waals surface area contributed by atoms with Crippen LogP contribution in [0, 0.1) is 16.7 Å². The van der Waals surface area contributed by atoms with Gasteiger partial charge in [0.15, 0.2) is 0 Å². The summed E-state index contributed by atoms with van der Waals surface area (Å²) >= 11 is 0. The van der Waals surface area contributed by atoms with Crippen molar-refractivity contribution in [1.82, 2.24) is 0 Å². The fourth-order valence-electron chi connectivity index (χ4n) is 4.57. The minimum atomic E-state index is -2.00. The second-order valence-electron chi connectivity index (χ2n) is 7.86. The molecule has 0 spiro atoms. The van der Waals surface area contributed by atoms with Crippen LogP contribution in [0.15, 0.2) is 12.2 Å². The number of esters is 1. The molecule has 4 atom stereocenters. The first-order valence-corrected chi connectivity index (χ1v) is 7.68. The summed E-state index contributed by atoms with van der Waals surface area (Å²) in [6.07, 6.45) is 1.99. The van der Waals surface area contributed by atoms with Crippen LogP contribution in [0.4, 0.5) is 0 Å². The Hall–Kier alpha value is -1.36. The van der Waals surface area contributed by atoms with Gasteiger partial charge in [-0.25, -0.2) is 9.59 Å². The topological polar surface area (TPSA) is 83.8 Å². The molecule has 2 saturated carbocycles. The third-order valence-corrected chi connectivity index (χ3v) is 6.73. The second kappa shape index (κ2) is 4.57. The lowest BCUT2D eigenvalue weighted by atomic mass is 9.59. The number of rotatable bonds is 4. The zero-order valence-electron chi connectivity index (χ0n) is 14.0. The molecule has 0 aromatic heterocycles. The van der Waals surface area contributed by atoms with Gasteiger partial charge in [0.2, 0.25) is 5.60 Å². The van der Waals surface area contributed by atoms with Gasteiger partial charge in [0, 0.05) is 11.0 Å². The Bertz CT molecular complexity index is 551. The van der Waals surface area contributed by atoms with Crippen LogP contribution in [0.25, 0.3) is 0 Å². The van der Waals surface area contributed by atoms with Crippen LogP contribution < -0.4 is 0 Å². The van der Waals surface area contributed by atoms with Gasteiger partial charge in [0.1, 0.15) is 5.60 Å². The van der Waals surface area contributed by atoms with Crippen molar-refractivity contribution in [2.45, 2.75) is 65.1 Å². The van der Waals surface area contributed by atoms with Crippen molar-refractivity contribution in [2.24, 2.45) is 16.7 Å². The number of carboxylic acid groups (broad SMARTS) is 1. The maximum Gasteiger partial charge on any atom is 0.351 e. The molecule has 0 saturated heterocycles. The summed E-state index contributed by atoms with van der Waals surface area (Å²) in [6.45, 7) is 12.3. The average Bonchev–Trinajstić information content (AvgIpc) is 2.70. The third kappa shape index (κ3) is 1.75. The molecule has 5 nitrogen and oxygen atoms in total. The molecular formula is C17H26O5. The summed E-state index contributed by atoms with van der Waals surface area (Å²) in [4.78, 5) is 23.9. The summed E-state index contributed by atoms with van der Waals surface area (Å²) in [5.41, 5.74) is -4.34. The number of hydrogen-bond donors (Lipinski definition) is 2. The third-order valence-electron chi connectivity index (χ3n) is 6.73. The minimum Gasteiger partial charge on any atom is -0.478 e.